The summed E-state index contributed by atoms with van der Waals surface area (Å²) in [4.78, 5) is 17.1. The van der Waals surface area contributed by atoms with Crippen LogP contribution in [-0.2, 0) is 9.53 Å². The van der Waals surface area contributed by atoms with Gasteiger partial charge in [0.15, 0.2) is 0 Å². The van der Waals surface area contributed by atoms with Crippen LogP contribution in [0.15, 0.2) is 30.6 Å². The van der Waals surface area contributed by atoms with Crippen LogP contribution in [0, 0.1) is 0 Å². The molecule has 1 atom stereocenters. The highest BCUT2D eigenvalue weighted by atomic mass is 16.5. The topological polar surface area (TPSA) is 62.7 Å². The Bertz CT molecular complexity index is 392. The Morgan fingerprint density at radius 1 is 1.67 bits per heavy atom. The minimum atomic E-state index is -0.671. The lowest BCUT2D eigenvalue weighted by atomic mass is 10.2. The zero-order valence-electron chi connectivity index (χ0n) is 10.6. The van der Waals surface area contributed by atoms with Gasteiger partial charge in [-0.15, -0.1) is 0 Å². The zero-order valence-corrected chi connectivity index (χ0v) is 10.6. The van der Waals surface area contributed by atoms with Gasteiger partial charge < -0.3 is 14.7 Å². The second-order valence-corrected chi connectivity index (χ2v) is 3.95. The van der Waals surface area contributed by atoms with Gasteiger partial charge >= 0.3 is 0 Å². The summed E-state index contributed by atoms with van der Waals surface area (Å²) >= 11 is 0. The molecule has 0 saturated carbocycles. The van der Waals surface area contributed by atoms with Gasteiger partial charge in [-0.3, -0.25) is 9.78 Å². The van der Waals surface area contributed by atoms with E-state index >= 15 is 0 Å². The summed E-state index contributed by atoms with van der Waals surface area (Å²) in [5.74, 6) is -0.172. The molecule has 5 heteroatoms. The molecule has 5 nitrogen and oxygen atoms in total. The van der Waals surface area contributed by atoms with E-state index in [0.29, 0.717) is 0 Å². The number of nitrogens with zero attached hydrogens (tertiary/aromatic N) is 2. The largest absolute Gasteiger partial charge is 0.389 e. The summed E-state index contributed by atoms with van der Waals surface area (Å²) in [5.41, 5.74) is 0.858. The number of rotatable bonds is 6. The van der Waals surface area contributed by atoms with Crippen molar-refractivity contribution in [2.45, 2.75) is 6.10 Å². The molecule has 1 heterocycles. The highest BCUT2D eigenvalue weighted by Crippen LogP contribution is 2.00. The van der Waals surface area contributed by atoms with Crippen molar-refractivity contribution >= 4 is 12.0 Å². The van der Waals surface area contributed by atoms with E-state index in [1.165, 1.54) is 18.1 Å². The number of aliphatic hydroxyl groups is 1. The summed E-state index contributed by atoms with van der Waals surface area (Å²) in [6.07, 6.45) is 5.82. The Morgan fingerprint density at radius 2 is 2.44 bits per heavy atom. The van der Waals surface area contributed by atoms with Gasteiger partial charge in [-0.1, -0.05) is 6.07 Å². The van der Waals surface area contributed by atoms with E-state index in [1.807, 2.05) is 6.07 Å². The number of carbonyl (C=O) groups is 1. The fraction of sp³-hybridized carbons (Fsp3) is 0.385. The van der Waals surface area contributed by atoms with Crippen LogP contribution in [0.3, 0.4) is 0 Å². The van der Waals surface area contributed by atoms with Crippen molar-refractivity contribution in [3.8, 4) is 0 Å². The number of carbonyl (C=O) groups excluding carboxylic acids is 1. The molecule has 0 aliphatic rings. The number of likely N-dealkylation sites (N-methyl/N-ethyl adjacent to an activating group) is 1. The van der Waals surface area contributed by atoms with Crippen molar-refractivity contribution in [3.63, 3.8) is 0 Å². The molecule has 1 rings (SSSR count). The first-order valence-electron chi connectivity index (χ1n) is 5.63. The van der Waals surface area contributed by atoms with Crippen molar-refractivity contribution in [1.29, 1.82) is 0 Å². The van der Waals surface area contributed by atoms with Crippen molar-refractivity contribution in [2.75, 3.05) is 27.3 Å². The van der Waals surface area contributed by atoms with E-state index in [1.54, 1.807) is 31.6 Å². The van der Waals surface area contributed by atoms with Gasteiger partial charge in [-0.25, -0.2) is 0 Å². The SMILES string of the molecule is COCC(O)CN(C)C(=O)C=Cc1cccnc1. The molecule has 0 bridgehead atoms. The first kappa shape index (κ1) is 14.3. The smallest absolute Gasteiger partial charge is 0.246 e. The molecular formula is C13H18N2O3. The summed E-state index contributed by atoms with van der Waals surface area (Å²) in [5, 5.41) is 9.50. The maximum Gasteiger partial charge on any atom is 0.246 e. The molecule has 0 radical (unpaired) electrons. The molecule has 1 N–H and O–H groups in total. The number of amides is 1. The average molecular weight is 250 g/mol. The third-order valence-corrected chi connectivity index (χ3v) is 2.32. The minimum absolute atomic E-state index is 0.172. The lowest BCUT2D eigenvalue weighted by Crippen LogP contribution is -2.35. The molecule has 1 unspecified atom stereocenters. The maximum absolute atomic E-state index is 11.7. The highest BCUT2D eigenvalue weighted by Gasteiger charge is 2.10. The Hall–Kier alpha value is -1.72. The van der Waals surface area contributed by atoms with Crippen LogP contribution in [-0.4, -0.2) is 54.3 Å². The maximum atomic E-state index is 11.7. The Morgan fingerprint density at radius 3 is 3.06 bits per heavy atom. The average Bonchev–Trinajstić information content (AvgIpc) is 2.37. The number of pyridine rings is 1. The molecule has 0 fully saturated rings. The summed E-state index contributed by atoms with van der Waals surface area (Å²) in [7, 11) is 3.14. The predicted molar refractivity (Wildman–Crippen MR) is 68.8 cm³/mol. The van der Waals surface area contributed by atoms with Crippen molar-refractivity contribution in [3.05, 3.63) is 36.2 Å². The number of aliphatic hydroxyl groups excluding tert-OH is 1. The third-order valence-electron chi connectivity index (χ3n) is 2.32. The van der Waals surface area contributed by atoms with Gasteiger partial charge in [0.2, 0.25) is 5.91 Å². The molecule has 18 heavy (non-hydrogen) atoms. The van der Waals surface area contributed by atoms with E-state index in [2.05, 4.69) is 4.98 Å². The number of hydrogen-bond acceptors (Lipinski definition) is 4. The normalized spacial score (nSPS) is 12.6. The van der Waals surface area contributed by atoms with Crippen LogP contribution >= 0.6 is 0 Å². The summed E-state index contributed by atoms with van der Waals surface area (Å²) < 4.78 is 4.80. The molecule has 0 aliphatic heterocycles. The van der Waals surface area contributed by atoms with Gasteiger partial charge in [0.05, 0.1) is 12.7 Å². The van der Waals surface area contributed by atoms with Crippen LogP contribution in [0.5, 0.6) is 0 Å². The van der Waals surface area contributed by atoms with Crippen LogP contribution < -0.4 is 0 Å². The van der Waals surface area contributed by atoms with Crippen LogP contribution in [0.25, 0.3) is 6.08 Å². The molecule has 1 aromatic rings. The van der Waals surface area contributed by atoms with Gasteiger partial charge in [0.1, 0.15) is 0 Å². The van der Waals surface area contributed by atoms with E-state index < -0.39 is 6.10 Å². The second-order valence-electron chi connectivity index (χ2n) is 3.95. The van der Waals surface area contributed by atoms with Crippen LogP contribution in [0.1, 0.15) is 5.56 Å². The fourth-order valence-corrected chi connectivity index (χ4v) is 1.42. The minimum Gasteiger partial charge on any atom is -0.389 e. The zero-order chi connectivity index (χ0) is 13.4. The van der Waals surface area contributed by atoms with E-state index in [9.17, 15) is 9.90 Å². The molecule has 1 aromatic heterocycles. The first-order valence-corrected chi connectivity index (χ1v) is 5.63. The number of aromatic nitrogens is 1. The van der Waals surface area contributed by atoms with E-state index in [4.69, 9.17) is 4.74 Å². The molecule has 1 amide bonds. The standard InChI is InChI=1S/C13H18N2O3/c1-15(9-12(16)10-18-2)13(17)6-5-11-4-3-7-14-8-11/h3-8,12,16H,9-10H2,1-2H3. The summed E-state index contributed by atoms with van der Waals surface area (Å²) in [6.45, 7) is 0.452. The Labute approximate surface area is 107 Å². The van der Waals surface area contributed by atoms with Crippen molar-refractivity contribution in [1.82, 2.24) is 9.88 Å². The van der Waals surface area contributed by atoms with E-state index in [-0.39, 0.29) is 19.1 Å². The lowest BCUT2D eigenvalue weighted by molar-refractivity contribution is -0.126. The number of methoxy groups -OCH3 is 1. The van der Waals surface area contributed by atoms with Gasteiger partial charge in [0, 0.05) is 39.2 Å². The van der Waals surface area contributed by atoms with Crippen LogP contribution in [0.2, 0.25) is 0 Å². The van der Waals surface area contributed by atoms with Gasteiger partial charge in [-0.05, 0) is 17.7 Å². The van der Waals surface area contributed by atoms with Crippen molar-refractivity contribution in [2.24, 2.45) is 0 Å². The molecule has 0 saturated heterocycles. The molecule has 98 valence electrons. The Kier molecular flexibility index (Phi) is 6.04. The number of hydrogen-bond donors (Lipinski definition) is 1. The molecule has 0 spiro atoms. The fourth-order valence-electron chi connectivity index (χ4n) is 1.42. The van der Waals surface area contributed by atoms with E-state index in [0.717, 1.165) is 5.56 Å². The second kappa shape index (κ2) is 7.58. The highest BCUT2D eigenvalue weighted by molar-refractivity contribution is 5.91. The molecule has 0 aliphatic carbocycles. The summed E-state index contributed by atoms with van der Waals surface area (Å²) in [6, 6.07) is 3.66. The van der Waals surface area contributed by atoms with Gasteiger partial charge in [-0.2, -0.15) is 0 Å². The van der Waals surface area contributed by atoms with Gasteiger partial charge in [0.25, 0.3) is 0 Å². The molecular weight excluding hydrogens is 232 g/mol. The third kappa shape index (κ3) is 5.07. The molecule has 0 aromatic carbocycles. The number of ether oxygens (including phenoxy) is 1. The predicted octanol–water partition coefficient (Wildman–Crippen LogP) is 0.560. The van der Waals surface area contributed by atoms with Crippen molar-refractivity contribution < 1.29 is 14.6 Å². The first-order chi connectivity index (χ1) is 8.63. The monoisotopic (exact) mass is 250 g/mol. The quantitative estimate of drug-likeness (QED) is 0.749. The van der Waals surface area contributed by atoms with Crippen LogP contribution in [0.4, 0.5) is 0 Å². The Balaban J connectivity index is 2.47. The lowest BCUT2D eigenvalue weighted by Gasteiger charge is -2.18.